The zero-order valence-corrected chi connectivity index (χ0v) is 26.5. The van der Waals surface area contributed by atoms with Crippen molar-refractivity contribution in [2.24, 2.45) is 0 Å². The molecule has 3 heteroatoms. The molecule has 0 N–H and O–H groups in total. The van der Waals surface area contributed by atoms with Gasteiger partial charge in [0.05, 0.1) is 11.4 Å². The lowest BCUT2D eigenvalue weighted by Crippen LogP contribution is -2.11. The topological polar surface area (TPSA) is 29.5 Å². The third-order valence-electron chi connectivity index (χ3n) is 9.66. The molecule has 0 fully saturated rings. The van der Waals surface area contributed by atoms with Crippen LogP contribution >= 0.6 is 0 Å². The number of para-hydroxylation sites is 2. The molecular formula is C46H29NO2. The third kappa shape index (κ3) is 4.44. The fraction of sp³-hybridized carbons (Fsp3) is 0. The molecule has 0 bridgehead atoms. The van der Waals surface area contributed by atoms with Crippen molar-refractivity contribution in [3.63, 3.8) is 0 Å². The standard InChI is InChI=1S/C46H29NO2/c1-3-12-30(13-4-1)31-22-25-34(26-23-31)47(40-20-11-19-37-36-18-9-10-21-42(36)49-46(37)40)41-29-44-39(28-38(41)32-14-5-2-6-15-32)45-35-17-8-7-16-33(35)24-27-43(45)48-44/h1-29H. The van der Waals surface area contributed by atoms with Crippen molar-refractivity contribution < 1.29 is 8.83 Å². The van der Waals surface area contributed by atoms with E-state index in [0.717, 1.165) is 77.6 Å². The van der Waals surface area contributed by atoms with Crippen LogP contribution in [0.2, 0.25) is 0 Å². The second kappa shape index (κ2) is 11.0. The number of hydrogen-bond donors (Lipinski definition) is 0. The molecule has 2 aromatic heterocycles. The fourth-order valence-electron chi connectivity index (χ4n) is 7.37. The molecule has 0 radical (unpaired) electrons. The van der Waals surface area contributed by atoms with Gasteiger partial charge in [-0.3, -0.25) is 0 Å². The Morgan fingerprint density at radius 3 is 1.86 bits per heavy atom. The van der Waals surface area contributed by atoms with Crippen molar-refractivity contribution in [3.05, 3.63) is 176 Å². The summed E-state index contributed by atoms with van der Waals surface area (Å²) >= 11 is 0. The molecule has 0 aliphatic heterocycles. The van der Waals surface area contributed by atoms with E-state index in [1.807, 2.05) is 12.1 Å². The van der Waals surface area contributed by atoms with Gasteiger partial charge < -0.3 is 13.7 Å². The molecule has 230 valence electrons. The van der Waals surface area contributed by atoms with Gasteiger partial charge in [0, 0.05) is 38.9 Å². The lowest BCUT2D eigenvalue weighted by molar-refractivity contribution is 0.667. The molecule has 0 saturated carbocycles. The van der Waals surface area contributed by atoms with Crippen LogP contribution in [0.15, 0.2) is 185 Å². The molecule has 2 heterocycles. The number of anilines is 3. The maximum absolute atomic E-state index is 6.68. The van der Waals surface area contributed by atoms with E-state index in [2.05, 4.69) is 169 Å². The summed E-state index contributed by atoms with van der Waals surface area (Å²) in [6, 6.07) is 61.9. The second-order valence-electron chi connectivity index (χ2n) is 12.5. The van der Waals surface area contributed by atoms with E-state index >= 15 is 0 Å². The number of rotatable bonds is 5. The van der Waals surface area contributed by atoms with Gasteiger partial charge in [0.2, 0.25) is 0 Å². The van der Waals surface area contributed by atoms with Crippen LogP contribution in [0.3, 0.4) is 0 Å². The monoisotopic (exact) mass is 627 g/mol. The van der Waals surface area contributed by atoms with Crippen LogP contribution in [0, 0.1) is 0 Å². The molecule has 0 spiro atoms. The minimum atomic E-state index is 0.837. The lowest BCUT2D eigenvalue weighted by atomic mass is 9.97. The van der Waals surface area contributed by atoms with Gasteiger partial charge in [0.25, 0.3) is 0 Å². The van der Waals surface area contributed by atoms with Gasteiger partial charge in [-0.2, -0.15) is 0 Å². The number of hydrogen-bond acceptors (Lipinski definition) is 3. The number of benzene rings is 8. The average Bonchev–Trinajstić information content (AvgIpc) is 3.74. The smallest absolute Gasteiger partial charge is 0.159 e. The Labute approximate surface area is 282 Å². The van der Waals surface area contributed by atoms with Gasteiger partial charge in [-0.1, -0.05) is 133 Å². The normalized spacial score (nSPS) is 11.7. The Morgan fingerprint density at radius 1 is 0.367 bits per heavy atom. The molecule has 0 aliphatic carbocycles. The highest BCUT2D eigenvalue weighted by Gasteiger charge is 2.24. The van der Waals surface area contributed by atoms with E-state index in [4.69, 9.17) is 8.83 Å². The Bertz CT molecular complexity index is 2810. The fourth-order valence-corrected chi connectivity index (χ4v) is 7.37. The number of nitrogens with zero attached hydrogens (tertiary/aromatic N) is 1. The van der Waals surface area contributed by atoms with E-state index < -0.39 is 0 Å². The number of furan rings is 2. The molecular weight excluding hydrogens is 599 g/mol. The molecule has 49 heavy (non-hydrogen) atoms. The summed E-state index contributed by atoms with van der Waals surface area (Å²) in [6.07, 6.45) is 0. The van der Waals surface area contributed by atoms with E-state index in [1.165, 1.54) is 16.3 Å². The highest BCUT2D eigenvalue weighted by Crippen LogP contribution is 2.48. The van der Waals surface area contributed by atoms with Gasteiger partial charge in [-0.15, -0.1) is 0 Å². The highest BCUT2D eigenvalue weighted by molar-refractivity contribution is 6.20. The minimum Gasteiger partial charge on any atom is -0.456 e. The average molecular weight is 628 g/mol. The zero-order chi connectivity index (χ0) is 32.3. The molecule has 0 amide bonds. The summed E-state index contributed by atoms with van der Waals surface area (Å²) in [6.45, 7) is 0. The van der Waals surface area contributed by atoms with Crippen molar-refractivity contribution in [2.45, 2.75) is 0 Å². The van der Waals surface area contributed by atoms with Gasteiger partial charge in [-0.05, 0) is 63.9 Å². The maximum atomic E-state index is 6.68. The van der Waals surface area contributed by atoms with E-state index in [-0.39, 0.29) is 0 Å². The molecule has 0 unspecified atom stereocenters. The Balaban J connectivity index is 1.29. The Morgan fingerprint density at radius 2 is 1.04 bits per heavy atom. The largest absolute Gasteiger partial charge is 0.456 e. The third-order valence-corrected chi connectivity index (χ3v) is 9.66. The molecule has 8 aromatic carbocycles. The quantitative estimate of drug-likeness (QED) is 0.190. The maximum Gasteiger partial charge on any atom is 0.159 e. The van der Waals surface area contributed by atoms with Crippen molar-refractivity contribution in [2.75, 3.05) is 4.90 Å². The van der Waals surface area contributed by atoms with E-state index in [0.29, 0.717) is 0 Å². The predicted molar refractivity (Wildman–Crippen MR) is 204 cm³/mol. The number of fused-ring (bicyclic) bond motifs is 8. The highest BCUT2D eigenvalue weighted by atomic mass is 16.3. The van der Waals surface area contributed by atoms with Crippen LogP contribution in [0.4, 0.5) is 17.1 Å². The van der Waals surface area contributed by atoms with Crippen molar-refractivity contribution in [3.8, 4) is 22.3 Å². The van der Waals surface area contributed by atoms with E-state index in [9.17, 15) is 0 Å². The first-order valence-corrected chi connectivity index (χ1v) is 16.6. The van der Waals surface area contributed by atoms with Crippen molar-refractivity contribution in [1.29, 1.82) is 0 Å². The molecule has 10 rings (SSSR count). The predicted octanol–water partition coefficient (Wildman–Crippen LogP) is 13.4. The van der Waals surface area contributed by atoms with Gasteiger partial charge >= 0.3 is 0 Å². The zero-order valence-electron chi connectivity index (χ0n) is 26.5. The summed E-state index contributed by atoms with van der Waals surface area (Å²) in [5.74, 6) is 0. The van der Waals surface area contributed by atoms with Gasteiger partial charge in [0.1, 0.15) is 16.7 Å². The van der Waals surface area contributed by atoms with Crippen LogP contribution in [0.5, 0.6) is 0 Å². The Kier molecular flexibility index (Phi) is 6.18. The van der Waals surface area contributed by atoms with E-state index in [1.54, 1.807) is 0 Å². The van der Waals surface area contributed by atoms with Crippen LogP contribution in [-0.4, -0.2) is 0 Å². The van der Waals surface area contributed by atoms with Crippen LogP contribution in [0.25, 0.3) is 76.9 Å². The molecule has 0 atom stereocenters. The molecule has 0 saturated heterocycles. The lowest BCUT2D eigenvalue weighted by Gasteiger charge is -2.28. The van der Waals surface area contributed by atoms with Crippen molar-refractivity contribution in [1.82, 2.24) is 0 Å². The molecule has 3 nitrogen and oxygen atoms in total. The minimum absolute atomic E-state index is 0.837. The van der Waals surface area contributed by atoms with Crippen LogP contribution in [0.1, 0.15) is 0 Å². The van der Waals surface area contributed by atoms with Gasteiger partial charge in [-0.25, -0.2) is 0 Å². The molecule has 10 aromatic rings. The van der Waals surface area contributed by atoms with Crippen LogP contribution in [-0.2, 0) is 0 Å². The van der Waals surface area contributed by atoms with Crippen LogP contribution < -0.4 is 4.90 Å². The first kappa shape index (κ1) is 27.5. The summed E-state index contributed by atoms with van der Waals surface area (Å²) in [4.78, 5) is 2.33. The summed E-state index contributed by atoms with van der Waals surface area (Å²) in [5.41, 5.74) is 11.0. The first-order valence-electron chi connectivity index (χ1n) is 16.6. The SMILES string of the molecule is c1ccc(-c2ccc(N(c3cc4oc5ccc6ccccc6c5c4cc3-c3ccccc3)c3cccc4c3oc3ccccc34)cc2)cc1. The summed E-state index contributed by atoms with van der Waals surface area (Å²) < 4.78 is 13.3. The van der Waals surface area contributed by atoms with Crippen molar-refractivity contribution >= 4 is 71.7 Å². The molecule has 0 aliphatic rings. The summed E-state index contributed by atoms with van der Waals surface area (Å²) in [7, 11) is 0. The second-order valence-corrected chi connectivity index (χ2v) is 12.5. The summed E-state index contributed by atoms with van der Waals surface area (Å²) in [5, 5.41) is 6.79. The first-order chi connectivity index (χ1) is 24.3. The Hall–Kier alpha value is -6.58. The van der Waals surface area contributed by atoms with Gasteiger partial charge in [0.15, 0.2) is 5.58 Å².